The number of likely N-dealkylation sites (tertiary alicyclic amines) is 1. The minimum absolute atomic E-state index is 0.139. The molecule has 0 saturated carbocycles. The second kappa shape index (κ2) is 9.98. The molecule has 2 heterocycles. The smallest absolute Gasteiger partial charge is 0.289 e. The molecule has 7 heteroatoms. The molecule has 0 bridgehead atoms. The number of rotatable bonds is 4. The summed E-state index contributed by atoms with van der Waals surface area (Å²) >= 11 is 0. The van der Waals surface area contributed by atoms with Gasteiger partial charge in [0, 0.05) is 24.8 Å². The number of carbonyl (C=O) groups excluding carboxylic acids is 1. The van der Waals surface area contributed by atoms with Crippen molar-refractivity contribution in [2.24, 2.45) is 5.73 Å². The van der Waals surface area contributed by atoms with Crippen LogP contribution in [0.4, 0.5) is 4.39 Å². The van der Waals surface area contributed by atoms with Gasteiger partial charge in [0.2, 0.25) is 8.32 Å². The fourth-order valence-corrected chi connectivity index (χ4v) is 5.49. The van der Waals surface area contributed by atoms with Crippen LogP contribution in [0.1, 0.15) is 51.8 Å². The molecular formula is C27H29FN2O3Si. The zero-order chi connectivity index (χ0) is 24.3. The van der Waals surface area contributed by atoms with E-state index in [2.05, 4.69) is 24.0 Å². The molecule has 34 heavy (non-hydrogen) atoms. The number of furan rings is 1. The van der Waals surface area contributed by atoms with E-state index in [4.69, 9.17) is 10.2 Å². The van der Waals surface area contributed by atoms with Gasteiger partial charge in [-0.1, -0.05) is 42.3 Å². The van der Waals surface area contributed by atoms with Gasteiger partial charge in [-0.15, -0.1) is 0 Å². The number of halogens is 1. The molecule has 176 valence electrons. The third-order valence-corrected chi connectivity index (χ3v) is 7.91. The standard InChI is InChI=1S/C27H29FN2O3Si/c1-34(2,32)25-17-23(11-10-21-7-3-4-9-24(21)28)33-26(25)27(31)30-14-12-20(13-15-30)22-8-5-6-19(16-22)18-29/h3-9,16-17,20,32H,12-15,18,29H2,1-2H3. The Morgan fingerprint density at radius 3 is 2.56 bits per heavy atom. The van der Waals surface area contributed by atoms with E-state index < -0.39 is 14.1 Å². The summed E-state index contributed by atoms with van der Waals surface area (Å²) in [5, 5.41) is 0.508. The minimum Gasteiger partial charge on any atom is -0.443 e. The summed E-state index contributed by atoms with van der Waals surface area (Å²) in [5.74, 6) is 5.65. The second-order valence-electron chi connectivity index (χ2n) is 9.16. The molecule has 1 fully saturated rings. The maximum absolute atomic E-state index is 13.9. The molecule has 1 aromatic heterocycles. The maximum Gasteiger partial charge on any atom is 0.289 e. The topological polar surface area (TPSA) is 79.7 Å². The minimum atomic E-state index is -2.87. The molecule has 1 aliphatic rings. The molecule has 2 aromatic carbocycles. The molecule has 0 unspecified atom stereocenters. The van der Waals surface area contributed by atoms with Crippen molar-refractivity contribution in [1.82, 2.24) is 4.90 Å². The van der Waals surface area contributed by atoms with Crippen LogP contribution in [0.25, 0.3) is 0 Å². The first kappa shape index (κ1) is 24.0. The molecule has 0 atom stereocenters. The number of carbonyl (C=O) groups is 1. The van der Waals surface area contributed by atoms with Crippen LogP contribution in [0.3, 0.4) is 0 Å². The van der Waals surface area contributed by atoms with Crippen molar-refractivity contribution in [3.63, 3.8) is 0 Å². The van der Waals surface area contributed by atoms with Crippen LogP contribution in [0.5, 0.6) is 0 Å². The summed E-state index contributed by atoms with van der Waals surface area (Å²) in [5.41, 5.74) is 8.38. The van der Waals surface area contributed by atoms with E-state index in [1.807, 2.05) is 12.1 Å². The van der Waals surface area contributed by atoms with Gasteiger partial charge in [0.1, 0.15) is 5.82 Å². The van der Waals surface area contributed by atoms with Gasteiger partial charge in [-0.05, 0) is 67.1 Å². The van der Waals surface area contributed by atoms with Gasteiger partial charge in [0.15, 0.2) is 11.5 Å². The molecule has 0 radical (unpaired) electrons. The summed E-state index contributed by atoms with van der Waals surface area (Å²) in [6.45, 7) is 5.18. The van der Waals surface area contributed by atoms with Crippen molar-refractivity contribution in [2.75, 3.05) is 13.1 Å². The van der Waals surface area contributed by atoms with Crippen LogP contribution < -0.4 is 10.9 Å². The number of piperidine rings is 1. The van der Waals surface area contributed by atoms with Crippen LogP contribution in [0, 0.1) is 17.7 Å². The average Bonchev–Trinajstić information content (AvgIpc) is 3.28. The van der Waals surface area contributed by atoms with Crippen molar-refractivity contribution < 1.29 is 18.4 Å². The summed E-state index contributed by atoms with van der Waals surface area (Å²) in [4.78, 5) is 25.9. The first-order valence-corrected chi connectivity index (χ1v) is 14.4. The van der Waals surface area contributed by atoms with E-state index in [0.29, 0.717) is 30.7 Å². The van der Waals surface area contributed by atoms with E-state index in [-0.39, 0.29) is 23.0 Å². The van der Waals surface area contributed by atoms with Gasteiger partial charge in [0.25, 0.3) is 5.91 Å². The fourth-order valence-electron chi connectivity index (χ4n) is 4.29. The quantitative estimate of drug-likeness (QED) is 0.445. The monoisotopic (exact) mass is 476 g/mol. The van der Waals surface area contributed by atoms with Crippen molar-refractivity contribution in [3.8, 4) is 11.8 Å². The van der Waals surface area contributed by atoms with Gasteiger partial charge in [0.05, 0.1) is 5.56 Å². The van der Waals surface area contributed by atoms with Gasteiger partial charge in [-0.25, -0.2) is 4.39 Å². The average molecular weight is 477 g/mol. The highest BCUT2D eigenvalue weighted by Gasteiger charge is 2.34. The molecule has 1 saturated heterocycles. The Balaban J connectivity index is 1.53. The number of hydrogen-bond acceptors (Lipinski definition) is 4. The number of hydrogen-bond donors (Lipinski definition) is 2. The number of amides is 1. The SMILES string of the molecule is C[Si](C)(O)c1cc(C#Cc2ccccc2F)oc1C(=O)N1CCC(c2cccc(CN)c2)CC1. The number of benzene rings is 2. The maximum atomic E-state index is 13.9. The van der Waals surface area contributed by atoms with Crippen LogP contribution in [0.2, 0.25) is 13.1 Å². The third kappa shape index (κ3) is 5.31. The molecule has 0 spiro atoms. The van der Waals surface area contributed by atoms with Crippen LogP contribution >= 0.6 is 0 Å². The van der Waals surface area contributed by atoms with Crippen molar-refractivity contribution in [3.05, 3.63) is 88.6 Å². The Kier molecular flexibility index (Phi) is 7.03. The fraction of sp³-hybridized carbons (Fsp3) is 0.296. The van der Waals surface area contributed by atoms with Crippen LogP contribution in [-0.2, 0) is 6.54 Å². The highest BCUT2D eigenvalue weighted by molar-refractivity contribution is 6.84. The van der Waals surface area contributed by atoms with E-state index in [1.165, 1.54) is 11.6 Å². The zero-order valence-corrected chi connectivity index (χ0v) is 20.5. The lowest BCUT2D eigenvalue weighted by Gasteiger charge is -2.32. The predicted molar refractivity (Wildman–Crippen MR) is 133 cm³/mol. The highest BCUT2D eigenvalue weighted by atomic mass is 28.4. The van der Waals surface area contributed by atoms with E-state index in [9.17, 15) is 14.0 Å². The predicted octanol–water partition coefficient (Wildman–Crippen LogP) is 3.70. The van der Waals surface area contributed by atoms with E-state index in [0.717, 1.165) is 18.4 Å². The summed E-state index contributed by atoms with van der Waals surface area (Å²) in [6, 6.07) is 16.2. The van der Waals surface area contributed by atoms with Crippen molar-refractivity contribution in [2.45, 2.75) is 38.4 Å². The molecule has 1 amide bonds. The molecule has 0 aliphatic carbocycles. The molecular weight excluding hydrogens is 447 g/mol. The van der Waals surface area contributed by atoms with Crippen LogP contribution in [-0.4, -0.2) is 37.0 Å². The normalized spacial score (nSPS) is 14.6. The Labute approximate surface area is 200 Å². The molecule has 3 aromatic rings. The lowest BCUT2D eigenvalue weighted by Crippen LogP contribution is -2.46. The Bertz CT molecular complexity index is 1240. The van der Waals surface area contributed by atoms with Crippen molar-refractivity contribution >= 4 is 19.4 Å². The zero-order valence-electron chi connectivity index (χ0n) is 19.5. The lowest BCUT2D eigenvalue weighted by atomic mass is 9.88. The second-order valence-corrected chi connectivity index (χ2v) is 12.8. The van der Waals surface area contributed by atoms with Crippen LogP contribution in [0.15, 0.2) is 59.0 Å². The van der Waals surface area contributed by atoms with Gasteiger partial charge in [-0.2, -0.15) is 0 Å². The number of nitrogens with zero attached hydrogens (tertiary/aromatic N) is 1. The molecule has 1 aliphatic heterocycles. The summed E-state index contributed by atoms with van der Waals surface area (Å²) < 4.78 is 19.7. The highest BCUT2D eigenvalue weighted by Crippen LogP contribution is 2.29. The molecule has 4 rings (SSSR count). The Hall–Kier alpha value is -3.18. The molecule has 5 nitrogen and oxygen atoms in total. The van der Waals surface area contributed by atoms with E-state index in [1.54, 1.807) is 42.3 Å². The number of nitrogens with two attached hydrogens (primary N) is 1. The summed E-state index contributed by atoms with van der Waals surface area (Å²) in [7, 11) is -2.87. The molecule has 3 N–H and O–H groups in total. The lowest BCUT2D eigenvalue weighted by molar-refractivity contribution is 0.0681. The largest absolute Gasteiger partial charge is 0.443 e. The third-order valence-electron chi connectivity index (χ3n) is 6.22. The Morgan fingerprint density at radius 2 is 1.88 bits per heavy atom. The first-order chi connectivity index (χ1) is 16.3. The first-order valence-electron chi connectivity index (χ1n) is 11.5. The Morgan fingerprint density at radius 1 is 1.15 bits per heavy atom. The summed E-state index contributed by atoms with van der Waals surface area (Å²) in [6.07, 6.45) is 1.69. The van der Waals surface area contributed by atoms with Gasteiger partial charge in [-0.3, -0.25) is 4.79 Å². The van der Waals surface area contributed by atoms with Crippen molar-refractivity contribution in [1.29, 1.82) is 0 Å². The van der Waals surface area contributed by atoms with Gasteiger partial charge < -0.3 is 19.8 Å². The van der Waals surface area contributed by atoms with E-state index >= 15 is 0 Å². The van der Waals surface area contributed by atoms with Gasteiger partial charge >= 0.3 is 0 Å².